The average molecular weight is 300 g/mol. The van der Waals surface area contributed by atoms with Gasteiger partial charge < -0.3 is 4.74 Å². The number of rotatable bonds is 3. The van der Waals surface area contributed by atoms with Gasteiger partial charge in [-0.25, -0.2) is 4.42 Å². The van der Waals surface area contributed by atoms with Crippen molar-refractivity contribution in [3.05, 3.63) is 59.1 Å². The molecule has 21 heavy (non-hydrogen) atoms. The monoisotopic (exact) mass is 299 g/mol. The molecule has 3 aromatic rings. The van der Waals surface area contributed by atoms with Crippen LogP contribution in [0, 0.1) is 6.92 Å². The molecule has 0 bridgehead atoms. The first kappa shape index (κ1) is 13.9. The molecule has 106 valence electrons. The van der Waals surface area contributed by atoms with Crippen molar-refractivity contribution in [1.29, 1.82) is 0 Å². The van der Waals surface area contributed by atoms with Crippen molar-refractivity contribution in [3.8, 4) is 17.1 Å². The van der Waals surface area contributed by atoms with Gasteiger partial charge in [-0.05, 0) is 43.7 Å². The minimum absolute atomic E-state index is 0.606. The lowest BCUT2D eigenvalue weighted by molar-refractivity contribution is 0.342. The van der Waals surface area contributed by atoms with Crippen LogP contribution in [0.25, 0.3) is 22.3 Å². The third-order valence-corrected chi connectivity index (χ3v) is 3.65. The van der Waals surface area contributed by atoms with Gasteiger partial charge in [-0.1, -0.05) is 23.7 Å². The highest BCUT2D eigenvalue weighted by atomic mass is 35.5. The summed E-state index contributed by atoms with van der Waals surface area (Å²) in [4.78, 5) is 0. The molecule has 3 heteroatoms. The van der Waals surface area contributed by atoms with Crippen molar-refractivity contribution < 1.29 is 9.15 Å². The first-order chi connectivity index (χ1) is 10.2. The standard InChI is InChI=1S/C18H16ClO2/c1-3-20-17-11-18(13-6-4-5-7-15(13)19)21-16-9-8-12(2)10-14(16)17/h4-11H,3H2,1-2H3/q+1. The molecular formula is C18H16ClO2+. The lowest BCUT2D eigenvalue weighted by Gasteiger charge is -2.05. The molecule has 0 N–H and O–H groups in total. The number of halogens is 1. The number of hydrogen-bond donors (Lipinski definition) is 0. The third-order valence-electron chi connectivity index (χ3n) is 3.32. The Labute approximate surface area is 128 Å². The smallest absolute Gasteiger partial charge is 0.366 e. The Hall–Kier alpha value is -2.06. The summed E-state index contributed by atoms with van der Waals surface area (Å²) in [5.41, 5.74) is 2.83. The Kier molecular flexibility index (Phi) is 3.80. The highest BCUT2D eigenvalue weighted by Gasteiger charge is 2.21. The zero-order valence-electron chi connectivity index (χ0n) is 12.0. The summed E-state index contributed by atoms with van der Waals surface area (Å²) in [5, 5.41) is 1.64. The van der Waals surface area contributed by atoms with Crippen molar-refractivity contribution in [2.75, 3.05) is 6.61 Å². The van der Waals surface area contributed by atoms with Crippen molar-refractivity contribution in [1.82, 2.24) is 0 Å². The molecule has 0 aliphatic heterocycles. The maximum atomic E-state index is 6.26. The summed E-state index contributed by atoms with van der Waals surface area (Å²) >= 11 is 6.26. The molecule has 0 aliphatic rings. The maximum absolute atomic E-state index is 6.26. The summed E-state index contributed by atoms with van der Waals surface area (Å²) in [6, 6.07) is 15.6. The first-order valence-electron chi connectivity index (χ1n) is 6.94. The summed E-state index contributed by atoms with van der Waals surface area (Å²) in [7, 11) is 0. The second-order valence-electron chi connectivity index (χ2n) is 4.89. The molecule has 2 aromatic carbocycles. The van der Waals surface area contributed by atoms with Gasteiger partial charge in [0.05, 0.1) is 23.3 Å². The number of ether oxygens (including phenoxy) is 1. The molecule has 0 unspecified atom stereocenters. The fraction of sp³-hybridized carbons (Fsp3) is 0.167. The molecule has 3 rings (SSSR count). The molecule has 2 nitrogen and oxygen atoms in total. The second kappa shape index (κ2) is 5.74. The molecule has 0 amide bonds. The van der Waals surface area contributed by atoms with Gasteiger partial charge in [0, 0.05) is 6.07 Å². The molecule has 1 heterocycles. The zero-order valence-corrected chi connectivity index (χ0v) is 12.8. The van der Waals surface area contributed by atoms with Crippen LogP contribution < -0.4 is 4.74 Å². The van der Waals surface area contributed by atoms with Crippen LogP contribution in [0.3, 0.4) is 0 Å². The molecule has 0 radical (unpaired) electrons. The highest BCUT2D eigenvalue weighted by molar-refractivity contribution is 6.33. The predicted molar refractivity (Wildman–Crippen MR) is 87.0 cm³/mol. The maximum Gasteiger partial charge on any atom is 0.366 e. The predicted octanol–water partition coefficient (Wildman–Crippen LogP) is 5.74. The van der Waals surface area contributed by atoms with Crippen LogP contribution in [-0.4, -0.2) is 6.61 Å². The molecule has 1 aromatic heterocycles. The van der Waals surface area contributed by atoms with Gasteiger partial charge in [0.2, 0.25) is 0 Å². The van der Waals surface area contributed by atoms with Crippen LogP contribution in [-0.2, 0) is 0 Å². The van der Waals surface area contributed by atoms with E-state index in [1.165, 1.54) is 5.56 Å². The molecule has 0 saturated heterocycles. The molecular weight excluding hydrogens is 284 g/mol. The number of aryl methyl sites for hydroxylation is 1. The Morgan fingerprint density at radius 3 is 2.67 bits per heavy atom. The van der Waals surface area contributed by atoms with Crippen molar-refractivity contribution in [3.63, 3.8) is 0 Å². The fourth-order valence-corrected chi connectivity index (χ4v) is 2.57. The lowest BCUT2D eigenvalue weighted by atomic mass is 10.1. The quantitative estimate of drug-likeness (QED) is 0.575. The van der Waals surface area contributed by atoms with Gasteiger partial charge in [-0.15, -0.1) is 0 Å². The van der Waals surface area contributed by atoms with Crippen LogP contribution in [0.15, 0.2) is 52.9 Å². The van der Waals surface area contributed by atoms with E-state index >= 15 is 0 Å². The fourth-order valence-electron chi connectivity index (χ4n) is 2.34. The first-order valence-corrected chi connectivity index (χ1v) is 7.32. The van der Waals surface area contributed by atoms with Crippen LogP contribution >= 0.6 is 11.6 Å². The molecule has 0 saturated carbocycles. The van der Waals surface area contributed by atoms with Gasteiger partial charge in [0.25, 0.3) is 0 Å². The second-order valence-corrected chi connectivity index (χ2v) is 5.29. The van der Waals surface area contributed by atoms with Crippen LogP contribution in [0.4, 0.5) is 0 Å². The number of hydrogen-bond acceptors (Lipinski definition) is 1. The van der Waals surface area contributed by atoms with Gasteiger partial charge in [-0.3, -0.25) is 0 Å². The minimum atomic E-state index is 0.606. The molecule has 0 aliphatic carbocycles. The Morgan fingerprint density at radius 2 is 1.90 bits per heavy atom. The van der Waals surface area contributed by atoms with Crippen LogP contribution in [0.1, 0.15) is 12.5 Å². The van der Waals surface area contributed by atoms with Crippen LogP contribution in [0.2, 0.25) is 5.02 Å². The molecule has 0 spiro atoms. The highest BCUT2D eigenvalue weighted by Crippen LogP contribution is 2.35. The third kappa shape index (κ3) is 2.72. The molecule has 0 fully saturated rings. The van der Waals surface area contributed by atoms with E-state index in [0.717, 1.165) is 22.3 Å². The summed E-state index contributed by atoms with van der Waals surface area (Å²) in [6.07, 6.45) is 0. The van der Waals surface area contributed by atoms with Gasteiger partial charge in [-0.2, -0.15) is 0 Å². The van der Waals surface area contributed by atoms with Crippen molar-refractivity contribution >= 4 is 22.6 Å². The lowest BCUT2D eigenvalue weighted by Crippen LogP contribution is -1.94. The van der Waals surface area contributed by atoms with E-state index in [-0.39, 0.29) is 0 Å². The zero-order chi connectivity index (χ0) is 14.8. The van der Waals surface area contributed by atoms with Crippen molar-refractivity contribution in [2.24, 2.45) is 0 Å². The van der Waals surface area contributed by atoms with Crippen LogP contribution in [0.5, 0.6) is 5.75 Å². The van der Waals surface area contributed by atoms with E-state index in [4.69, 9.17) is 20.8 Å². The van der Waals surface area contributed by atoms with Crippen molar-refractivity contribution in [2.45, 2.75) is 13.8 Å². The number of fused-ring (bicyclic) bond motifs is 1. The van der Waals surface area contributed by atoms with E-state index in [1.807, 2.05) is 49.4 Å². The SMILES string of the molecule is CCOc1cc(-c2ccccc2Cl)[o+]c2ccc(C)cc12. The molecule has 0 atom stereocenters. The summed E-state index contributed by atoms with van der Waals surface area (Å²) in [6.45, 7) is 4.63. The van der Waals surface area contributed by atoms with E-state index in [9.17, 15) is 0 Å². The Morgan fingerprint density at radius 1 is 1.10 bits per heavy atom. The Balaban J connectivity index is 2.26. The van der Waals surface area contributed by atoms with Gasteiger partial charge >= 0.3 is 11.3 Å². The van der Waals surface area contributed by atoms with E-state index in [1.54, 1.807) is 0 Å². The Bertz CT molecular complexity index is 796. The summed E-state index contributed by atoms with van der Waals surface area (Å²) in [5.74, 6) is 1.53. The van der Waals surface area contributed by atoms with Gasteiger partial charge in [0.15, 0.2) is 0 Å². The largest absolute Gasteiger partial charge is 0.493 e. The van der Waals surface area contributed by atoms with E-state index in [2.05, 4.69) is 13.0 Å². The summed E-state index contributed by atoms with van der Waals surface area (Å²) < 4.78 is 11.8. The van der Waals surface area contributed by atoms with E-state index in [0.29, 0.717) is 17.4 Å². The minimum Gasteiger partial charge on any atom is -0.493 e. The average Bonchev–Trinajstić information content (AvgIpc) is 2.48. The normalized spacial score (nSPS) is 10.8. The van der Waals surface area contributed by atoms with E-state index < -0.39 is 0 Å². The van der Waals surface area contributed by atoms with Gasteiger partial charge in [0.1, 0.15) is 11.1 Å². The number of benzene rings is 2. The topological polar surface area (TPSA) is 20.5 Å².